The van der Waals surface area contributed by atoms with E-state index in [0.29, 0.717) is 0 Å². The summed E-state index contributed by atoms with van der Waals surface area (Å²) in [4.78, 5) is 1.13. The highest BCUT2D eigenvalue weighted by Gasteiger charge is 1.74. The molecule has 0 spiro atoms. The van der Waals surface area contributed by atoms with E-state index < -0.39 is 0 Å². The summed E-state index contributed by atoms with van der Waals surface area (Å²) in [5, 5.41) is 2.02. The molecule has 0 aliphatic heterocycles. The van der Waals surface area contributed by atoms with Crippen LogP contribution in [0.5, 0.6) is 0 Å². The van der Waals surface area contributed by atoms with Crippen molar-refractivity contribution in [2.45, 2.75) is 0 Å². The van der Waals surface area contributed by atoms with Crippen molar-refractivity contribution in [1.82, 2.24) is 0 Å². The molecule has 1 aromatic rings. The summed E-state index contributed by atoms with van der Waals surface area (Å²) in [6, 6.07) is 3.98. The summed E-state index contributed by atoms with van der Waals surface area (Å²) in [5.74, 6) is 0. The van der Waals surface area contributed by atoms with Gasteiger partial charge in [0.25, 0.3) is 0 Å². The molecular formula is C5H6S+. The highest BCUT2D eigenvalue weighted by Crippen LogP contribution is 2.03. The van der Waals surface area contributed by atoms with Crippen LogP contribution in [-0.4, -0.2) is 0 Å². The third kappa shape index (κ3) is 0.601. The lowest BCUT2D eigenvalue weighted by molar-refractivity contribution is 1.89. The molecule has 0 saturated carbocycles. The smallest absolute Gasteiger partial charge is 0.149 e. The predicted molar refractivity (Wildman–Crippen MR) is 29.9 cm³/mol. The van der Waals surface area contributed by atoms with Crippen molar-refractivity contribution in [2.24, 2.45) is 0 Å². The van der Waals surface area contributed by atoms with Crippen molar-refractivity contribution >= 4 is 11.3 Å². The number of rotatable bonds is 0. The maximum atomic E-state index is 3.70. The van der Waals surface area contributed by atoms with Crippen molar-refractivity contribution in [3.05, 3.63) is 29.3 Å². The van der Waals surface area contributed by atoms with Crippen molar-refractivity contribution in [1.29, 1.82) is 0 Å². The topological polar surface area (TPSA) is 0 Å². The molecule has 0 atom stereocenters. The minimum Gasteiger partial charge on any atom is -0.149 e. The van der Waals surface area contributed by atoms with Gasteiger partial charge in [-0.15, -0.1) is 11.3 Å². The van der Waals surface area contributed by atoms with E-state index in [1.54, 1.807) is 11.3 Å². The molecule has 0 aliphatic rings. The third-order valence-electron chi connectivity index (χ3n) is 0.580. The Morgan fingerprint density at radius 1 is 1.83 bits per heavy atom. The fraction of sp³-hybridized carbons (Fsp3) is 0. The number of thiophene rings is 1. The minimum absolute atomic E-state index is 0. The lowest BCUT2D eigenvalue weighted by atomic mass is 10.5. The average Bonchev–Trinajstić information content (AvgIpc) is 1.86. The number of hydrogen-bond donors (Lipinski definition) is 0. The van der Waals surface area contributed by atoms with Gasteiger partial charge in [-0.3, -0.25) is 0 Å². The zero-order chi connectivity index (χ0) is 4.41. The van der Waals surface area contributed by atoms with Crippen LogP contribution in [0.3, 0.4) is 0 Å². The van der Waals surface area contributed by atoms with Crippen molar-refractivity contribution in [3.63, 3.8) is 0 Å². The van der Waals surface area contributed by atoms with Crippen molar-refractivity contribution in [3.8, 4) is 0 Å². The van der Waals surface area contributed by atoms with E-state index in [0.717, 1.165) is 4.88 Å². The van der Waals surface area contributed by atoms with E-state index in [9.17, 15) is 0 Å². The lowest BCUT2D eigenvalue weighted by Crippen LogP contribution is -1.43. The van der Waals surface area contributed by atoms with Gasteiger partial charge in [-0.1, -0.05) is 6.07 Å². The molecular weight excluding hydrogens is 92.1 g/mol. The van der Waals surface area contributed by atoms with E-state index >= 15 is 0 Å². The van der Waals surface area contributed by atoms with Gasteiger partial charge < -0.3 is 0 Å². The Bertz CT molecular complexity index is 112. The first-order valence-corrected chi connectivity index (χ1v) is 2.63. The zero-order valence-corrected chi connectivity index (χ0v) is 4.16. The highest BCUT2D eigenvalue weighted by atomic mass is 32.1. The molecule has 0 aliphatic carbocycles. The van der Waals surface area contributed by atoms with E-state index in [4.69, 9.17) is 0 Å². The van der Waals surface area contributed by atoms with Gasteiger partial charge in [0.1, 0.15) is 0 Å². The first-order valence-electron chi connectivity index (χ1n) is 1.75. The average molecular weight is 98.2 g/mol. The van der Waals surface area contributed by atoms with Gasteiger partial charge in [-0.25, -0.2) is 0 Å². The van der Waals surface area contributed by atoms with E-state index in [1.807, 2.05) is 17.5 Å². The molecule has 1 radical (unpaired) electrons. The summed E-state index contributed by atoms with van der Waals surface area (Å²) >= 11 is 1.67. The van der Waals surface area contributed by atoms with Crippen LogP contribution in [0.4, 0.5) is 0 Å². The van der Waals surface area contributed by atoms with Crippen LogP contribution < -0.4 is 0 Å². The molecule has 0 amide bonds. The molecule has 6 heavy (non-hydrogen) atoms. The largest absolute Gasteiger partial charge is 1.00 e. The normalized spacial score (nSPS) is 8.83. The summed E-state index contributed by atoms with van der Waals surface area (Å²) in [5.41, 5.74) is 0. The van der Waals surface area contributed by atoms with Crippen LogP contribution in [0.2, 0.25) is 0 Å². The maximum absolute atomic E-state index is 3.70. The molecule has 0 nitrogen and oxygen atoms in total. The highest BCUT2D eigenvalue weighted by molar-refractivity contribution is 7.10. The summed E-state index contributed by atoms with van der Waals surface area (Å²) in [6.45, 7) is 3.70. The van der Waals surface area contributed by atoms with Crippen LogP contribution in [0.1, 0.15) is 6.30 Å². The Morgan fingerprint density at radius 2 is 2.67 bits per heavy atom. The Kier molecular flexibility index (Phi) is 0.926. The van der Waals surface area contributed by atoms with E-state index in [-0.39, 0.29) is 1.43 Å². The lowest BCUT2D eigenvalue weighted by Gasteiger charge is -1.65. The van der Waals surface area contributed by atoms with Gasteiger partial charge in [-0.05, 0) is 18.4 Å². The minimum atomic E-state index is 0. The second-order valence-electron chi connectivity index (χ2n) is 1.08. The van der Waals surface area contributed by atoms with Crippen LogP contribution in [0.25, 0.3) is 0 Å². The van der Waals surface area contributed by atoms with Crippen LogP contribution in [0.15, 0.2) is 17.5 Å². The second kappa shape index (κ2) is 1.43. The Balaban J connectivity index is 0.000000360. The molecule has 0 unspecified atom stereocenters. The first-order chi connectivity index (χ1) is 2.89. The fourth-order valence-electron chi connectivity index (χ4n) is 0.313. The fourth-order valence-corrected chi connectivity index (χ4v) is 0.802. The van der Waals surface area contributed by atoms with E-state index in [2.05, 4.69) is 6.92 Å². The Labute approximate surface area is 42.9 Å². The molecule has 1 rings (SSSR count). The van der Waals surface area contributed by atoms with Gasteiger partial charge in [0.15, 0.2) is 0 Å². The van der Waals surface area contributed by atoms with Gasteiger partial charge in [0, 0.05) is 4.88 Å². The summed E-state index contributed by atoms with van der Waals surface area (Å²) in [6.07, 6.45) is 0. The van der Waals surface area contributed by atoms with Crippen LogP contribution in [0, 0.1) is 6.92 Å². The van der Waals surface area contributed by atoms with Gasteiger partial charge >= 0.3 is 1.43 Å². The monoisotopic (exact) mass is 98.0 g/mol. The standard InChI is InChI=1S/C5H5S/c1-5-3-2-4-6-5/h2-4H,1H2/p+1. The Morgan fingerprint density at radius 3 is 2.83 bits per heavy atom. The number of hydrogen-bond acceptors (Lipinski definition) is 1. The summed E-state index contributed by atoms with van der Waals surface area (Å²) < 4.78 is 0. The summed E-state index contributed by atoms with van der Waals surface area (Å²) in [7, 11) is 0. The van der Waals surface area contributed by atoms with Gasteiger partial charge in [0.05, 0.1) is 0 Å². The second-order valence-corrected chi connectivity index (χ2v) is 2.11. The van der Waals surface area contributed by atoms with Crippen molar-refractivity contribution < 1.29 is 1.43 Å². The van der Waals surface area contributed by atoms with Gasteiger partial charge in [-0.2, -0.15) is 0 Å². The SMILES string of the molecule is [CH2]c1cccs1.[H+]. The Hall–Kier alpha value is -0.300. The first kappa shape index (κ1) is 3.88. The quantitative estimate of drug-likeness (QED) is 0.466. The molecule has 0 saturated heterocycles. The molecule has 0 aromatic carbocycles. The van der Waals surface area contributed by atoms with E-state index in [1.165, 1.54) is 0 Å². The van der Waals surface area contributed by atoms with Crippen molar-refractivity contribution in [2.75, 3.05) is 0 Å². The molecule has 0 fully saturated rings. The third-order valence-corrected chi connectivity index (χ3v) is 1.31. The molecule has 1 heterocycles. The van der Waals surface area contributed by atoms with Crippen LogP contribution in [-0.2, 0) is 0 Å². The molecule has 1 heteroatoms. The maximum Gasteiger partial charge on any atom is 1.00 e. The molecule has 0 N–H and O–H groups in total. The van der Waals surface area contributed by atoms with Crippen LogP contribution >= 0.6 is 11.3 Å². The molecule has 0 bridgehead atoms. The van der Waals surface area contributed by atoms with Gasteiger partial charge in [0.2, 0.25) is 0 Å². The predicted octanol–water partition coefficient (Wildman–Crippen LogP) is 2.04. The molecule has 31 valence electrons. The zero-order valence-electron chi connectivity index (χ0n) is 4.35. The molecule has 1 aromatic heterocycles.